The van der Waals surface area contributed by atoms with Crippen LogP contribution >= 0.6 is 27.5 Å². The SMILES string of the molecule is CC(C)(C)OC(=O)n1cc(Br)cc1-c1cc(F)cc(Cl)c1. The van der Waals surface area contributed by atoms with Gasteiger partial charge in [0.2, 0.25) is 0 Å². The van der Waals surface area contributed by atoms with E-state index in [1.165, 1.54) is 16.7 Å². The fourth-order valence-corrected chi connectivity index (χ4v) is 2.46. The summed E-state index contributed by atoms with van der Waals surface area (Å²) in [6.45, 7) is 5.34. The third kappa shape index (κ3) is 4.08. The van der Waals surface area contributed by atoms with E-state index in [0.717, 1.165) is 0 Å². The number of nitrogens with zero attached hydrogens (tertiary/aromatic N) is 1. The van der Waals surface area contributed by atoms with E-state index in [4.69, 9.17) is 16.3 Å². The van der Waals surface area contributed by atoms with Crippen molar-refractivity contribution >= 4 is 33.6 Å². The first-order chi connectivity index (χ1) is 9.65. The molecule has 0 bridgehead atoms. The Morgan fingerprint density at radius 2 is 1.95 bits per heavy atom. The third-order valence-corrected chi connectivity index (χ3v) is 3.19. The fraction of sp³-hybridized carbons (Fsp3) is 0.267. The van der Waals surface area contributed by atoms with E-state index in [1.807, 2.05) is 0 Å². The Morgan fingerprint density at radius 3 is 2.52 bits per heavy atom. The van der Waals surface area contributed by atoms with Gasteiger partial charge in [-0.05, 0) is 61.0 Å². The predicted octanol–water partition coefficient (Wildman–Crippen LogP) is 5.49. The number of hydrogen-bond donors (Lipinski definition) is 0. The Morgan fingerprint density at radius 1 is 1.29 bits per heavy atom. The highest BCUT2D eigenvalue weighted by molar-refractivity contribution is 9.10. The number of carbonyl (C=O) groups excluding carboxylic acids is 1. The molecule has 0 fully saturated rings. The van der Waals surface area contributed by atoms with Crippen LogP contribution in [0.2, 0.25) is 5.02 Å². The molecule has 0 amide bonds. The van der Waals surface area contributed by atoms with Gasteiger partial charge in [-0.3, -0.25) is 4.57 Å². The number of ether oxygens (including phenoxy) is 1. The zero-order chi connectivity index (χ0) is 15.8. The fourth-order valence-electron chi connectivity index (χ4n) is 1.82. The van der Waals surface area contributed by atoms with E-state index in [-0.39, 0.29) is 5.02 Å². The van der Waals surface area contributed by atoms with Crippen LogP contribution in [0.1, 0.15) is 20.8 Å². The van der Waals surface area contributed by atoms with Crippen molar-refractivity contribution < 1.29 is 13.9 Å². The van der Waals surface area contributed by atoms with Gasteiger partial charge in [-0.15, -0.1) is 0 Å². The Balaban J connectivity index is 2.48. The average Bonchev–Trinajstić information content (AvgIpc) is 2.68. The van der Waals surface area contributed by atoms with Gasteiger partial charge in [0.25, 0.3) is 0 Å². The van der Waals surface area contributed by atoms with Crippen LogP contribution in [0.4, 0.5) is 9.18 Å². The van der Waals surface area contributed by atoms with Crippen LogP contribution in [0.3, 0.4) is 0 Å². The van der Waals surface area contributed by atoms with E-state index in [2.05, 4.69) is 15.9 Å². The molecule has 1 heterocycles. The van der Waals surface area contributed by atoms with Crippen LogP contribution in [0.5, 0.6) is 0 Å². The van der Waals surface area contributed by atoms with E-state index in [1.54, 1.807) is 39.1 Å². The van der Waals surface area contributed by atoms with E-state index in [0.29, 0.717) is 15.7 Å². The zero-order valence-corrected chi connectivity index (χ0v) is 14.1. The number of carbonyl (C=O) groups is 1. The molecule has 0 aliphatic carbocycles. The number of benzene rings is 1. The van der Waals surface area contributed by atoms with E-state index >= 15 is 0 Å². The van der Waals surface area contributed by atoms with Gasteiger partial charge in [-0.2, -0.15) is 0 Å². The van der Waals surface area contributed by atoms with Gasteiger partial charge in [-0.25, -0.2) is 9.18 Å². The van der Waals surface area contributed by atoms with Crippen molar-refractivity contribution in [1.29, 1.82) is 0 Å². The number of hydrogen-bond acceptors (Lipinski definition) is 2. The normalized spacial score (nSPS) is 11.5. The van der Waals surface area contributed by atoms with Gasteiger partial charge in [-0.1, -0.05) is 11.6 Å². The quantitative estimate of drug-likeness (QED) is 0.660. The van der Waals surface area contributed by atoms with Crippen molar-refractivity contribution in [1.82, 2.24) is 4.57 Å². The summed E-state index contributed by atoms with van der Waals surface area (Å²) in [6.07, 6.45) is 1.03. The topological polar surface area (TPSA) is 31.2 Å². The first kappa shape index (κ1) is 16.0. The monoisotopic (exact) mass is 373 g/mol. The molecule has 3 nitrogen and oxygen atoms in total. The van der Waals surface area contributed by atoms with Crippen LogP contribution < -0.4 is 0 Å². The van der Waals surface area contributed by atoms with Gasteiger partial charge in [0.15, 0.2) is 0 Å². The molecule has 6 heteroatoms. The average molecular weight is 375 g/mol. The summed E-state index contributed by atoms with van der Waals surface area (Å²) in [5.74, 6) is -0.467. The summed E-state index contributed by atoms with van der Waals surface area (Å²) in [5.41, 5.74) is 0.374. The minimum absolute atomic E-state index is 0.262. The molecule has 112 valence electrons. The molecule has 0 N–H and O–H groups in total. The predicted molar refractivity (Wildman–Crippen MR) is 84.2 cm³/mol. The van der Waals surface area contributed by atoms with Crippen LogP contribution in [0.25, 0.3) is 11.3 Å². The van der Waals surface area contributed by atoms with E-state index < -0.39 is 17.5 Å². The van der Waals surface area contributed by atoms with Gasteiger partial charge in [0.05, 0.1) is 5.69 Å². The van der Waals surface area contributed by atoms with Gasteiger partial charge >= 0.3 is 6.09 Å². The molecule has 0 saturated heterocycles. The molecule has 0 unspecified atom stereocenters. The van der Waals surface area contributed by atoms with E-state index in [9.17, 15) is 9.18 Å². The number of aromatic nitrogens is 1. The molecule has 1 aromatic heterocycles. The smallest absolute Gasteiger partial charge is 0.419 e. The Kier molecular flexibility index (Phi) is 4.44. The lowest BCUT2D eigenvalue weighted by Crippen LogP contribution is -2.27. The Bertz CT molecular complexity index is 671. The summed E-state index contributed by atoms with van der Waals surface area (Å²) < 4.78 is 20.8. The van der Waals surface area contributed by atoms with Gasteiger partial charge < -0.3 is 4.74 Å². The number of halogens is 3. The molecular formula is C15H14BrClFNO2. The Hall–Kier alpha value is -1.33. The maximum Gasteiger partial charge on any atom is 0.419 e. The summed E-state index contributed by atoms with van der Waals surface area (Å²) >= 11 is 9.18. The second-order valence-corrected chi connectivity index (χ2v) is 6.90. The van der Waals surface area contributed by atoms with Gasteiger partial charge in [0.1, 0.15) is 11.4 Å². The third-order valence-electron chi connectivity index (χ3n) is 2.54. The Labute approximate surface area is 135 Å². The summed E-state index contributed by atoms with van der Waals surface area (Å²) in [4.78, 5) is 12.2. The summed E-state index contributed by atoms with van der Waals surface area (Å²) in [5, 5.41) is 0.262. The first-order valence-electron chi connectivity index (χ1n) is 6.23. The molecule has 0 aliphatic rings. The van der Waals surface area contributed by atoms with Crippen LogP contribution in [-0.4, -0.2) is 16.3 Å². The van der Waals surface area contributed by atoms with Crippen LogP contribution in [-0.2, 0) is 4.74 Å². The van der Waals surface area contributed by atoms with Crippen LogP contribution in [0.15, 0.2) is 34.9 Å². The summed E-state index contributed by atoms with van der Waals surface area (Å²) in [7, 11) is 0. The van der Waals surface area contributed by atoms with Crippen molar-refractivity contribution in [2.75, 3.05) is 0 Å². The van der Waals surface area contributed by atoms with Crippen molar-refractivity contribution in [3.63, 3.8) is 0 Å². The van der Waals surface area contributed by atoms with Gasteiger partial charge in [0, 0.05) is 21.3 Å². The highest BCUT2D eigenvalue weighted by Gasteiger charge is 2.21. The minimum atomic E-state index is -0.620. The molecule has 1 aromatic carbocycles. The second kappa shape index (κ2) is 5.81. The highest BCUT2D eigenvalue weighted by Crippen LogP contribution is 2.29. The molecule has 21 heavy (non-hydrogen) atoms. The molecule has 2 aromatic rings. The molecular weight excluding hydrogens is 361 g/mol. The molecule has 0 saturated carbocycles. The molecule has 0 radical (unpaired) electrons. The van der Waals surface area contributed by atoms with Crippen LogP contribution in [0, 0.1) is 5.82 Å². The lowest BCUT2D eigenvalue weighted by atomic mass is 10.1. The molecule has 0 spiro atoms. The lowest BCUT2D eigenvalue weighted by Gasteiger charge is -2.20. The lowest BCUT2D eigenvalue weighted by molar-refractivity contribution is 0.0540. The second-order valence-electron chi connectivity index (χ2n) is 5.55. The largest absolute Gasteiger partial charge is 0.443 e. The van der Waals surface area contributed by atoms with Crippen molar-refractivity contribution in [3.05, 3.63) is 45.8 Å². The maximum absolute atomic E-state index is 13.5. The van der Waals surface area contributed by atoms with Crippen molar-refractivity contribution in [2.45, 2.75) is 26.4 Å². The standard InChI is InChI=1S/C15H14BrClFNO2/c1-15(2,3)21-14(20)19-8-10(16)6-13(19)9-4-11(17)7-12(18)5-9/h4-8H,1-3H3. The highest BCUT2D eigenvalue weighted by atomic mass is 79.9. The van der Waals surface area contributed by atoms with Crippen molar-refractivity contribution in [2.24, 2.45) is 0 Å². The maximum atomic E-state index is 13.5. The number of rotatable bonds is 1. The molecule has 0 atom stereocenters. The van der Waals surface area contributed by atoms with Crippen molar-refractivity contribution in [3.8, 4) is 11.3 Å². The molecule has 0 aliphatic heterocycles. The first-order valence-corrected chi connectivity index (χ1v) is 7.40. The summed E-state index contributed by atoms with van der Waals surface area (Å²) in [6, 6.07) is 5.82. The molecule has 2 rings (SSSR count). The zero-order valence-electron chi connectivity index (χ0n) is 11.8. The minimum Gasteiger partial charge on any atom is -0.443 e.